The van der Waals surface area contributed by atoms with Crippen LogP contribution in [0.5, 0.6) is 0 Å². The van der Waals surface area contributed by atoms with E-state index >= 15 is 0 Å². The summed E-state index contributed by atoms with van der Waals surface area (Å²) in [5.74, 6) is 0.560. The van der Waals surface area contributed by atoms with Crippen molar-refractivity contribution in [2.75, 3.05) is 0 Å². The Bertz CT molecular complexity index is 981. The van der Waals surface area contributed by atoms with Gasteiger partial charge in [0.05, 0.1) is 0 Å². The average Bonchev–Trinajstić information content (AvgIpc) is 3.21. The Labute approximate surface area is 199 Å². The van der Waals surface area contributed by atoms with Gasteiger partial charge < -0.3 is 14.9 Å². The second-order valence-corrected chi connectivity index (χ2v) is 7.02. The van der Waals surface area contributed by atoms with Crippen LogP contribution in [0.15, 0.2) is 77.4 Å². The van der Waals surface area contributed by atoms with Crippen molar-refractivity contribution in [1.82, 2.24) is 0 Å². The average molecular weight is 496 g/mol. The van der Waals surface area contributed by atoms with Crippen LogP contribution in [0, 0.1) is 26.8 Å². The van der Waals surface area contributed by atoms with E-state index in [0.717, 1.165) is 10.6 Å². The van der Waals surface area contributed by atoms with E-state index in [1.165, 1.54) is 56.4 Å². The van der Waals surface area contributed by atoms with E-state index in [4.69, 9.17) is 11.6 Å². The van der Waals surface area contributed by atoms with Crippen molar-refractivity contribution in [3.8, 4) is 11.1 Å². The van der Waals surface area contributed by atoms with E-state index in [1.54, 1.807) is 0 Å². The number of hydrogen-bond acceptors (Lipinski definition) is 0. The van der Waals surface area contributed by atoms with Crippen LogP contribution in [0.4, 0.5) is 0 Å². The summed E-state index contributed by atoms with van der Waals surface area (Å²) in [6.45, 7) is 11.7. The molecule has 4 rings (SSSR count). The van der Waals surface area contributed by atoms with Crippen molar-refractivity contribution in [2.24, 2.45) is 5.92 Å². The van der Waals surface area contributed by atoms with E-state index in [-0.39, 0.29) is 14.9 Å². The third-order valence-electron chi connectivity index (χ3n) is 5.08. The Balaban J connectivity index is 0.000000524. The first-order valence-electron chi connectivity index (χ1n) is 8.91. The van der Waals surface area contributed by atoms with Gasteiger partial charge in [-0.15, -0.1) is 53.6 Å². The van der Waals surface area contributed by atoms with Gasteiger partial charge in [-0.1, -0.05) is 62.6 Å². The summed E-state index contributed by atoms with van der Waals surface area (Å²) in [6, 6.07) is 20.6. The van der Waals surface area contributed by atoms with Crippen LogP contribution in [0.2, 0.25) is 5.02 Å². The molecule has 1 aliphatic rings. The summed E-state index contributed by atoms with van der Waals surface area (Å²) < 4.78 is 0. The molecule has 3 aromatic carbocycles. The van der Waals surface area contributed by atoms with Crippen molar-refractivity contribution in [1.29, 1.82) is 0 Å². The molecule has 0 aromatic heterocycles. The molecular weight excluding hydrogens is 467 g/mol. The predicted molar refractivity (Wildman–Crippen MR) is 129 cm³/mol. The Morgan fingerprint density at radius 1 is 0.931 bits per heavy atom. The van der Waals surface area contributed by atoms with E-state index in [2.05, 4.69) is 83.1 Å². The number of fused-ring (bicyclic) bond motifs is 1. The summed E-state index contributed by atoms with van der Waals surface area (Å²) in [7, 11) is 0. The minimum absolute atomic E-state index is 0. The van der Waals surface area contributed by atoms with Crippen LogP contribution in [-0.4, -0.2) is 6.88 Å². The van der Waals surface area contributed by atoms with Gasteiger partial charge in [-0.2, -0.15) is 11.1 Å². The third kappa shape index (κ3) is 6.71. The molecule has 1 atom stereocenters. The molecule has 152 valence electrons. The van der Waals surface area contributed by atoms with Crippen LogP contribution in [0.1, 0.15) is 27.7 Å². The molecule has 0 bridgehead atoms. The second kappa shape index (κ2) is 13.3. The standard InChI is InChI=1S/C15H10Cl.C9H13.2CH3.Si.Zr/c16-15-8-4-3-7-14(15)13-10-9-11-5-1-2-6-12(11)13;1-6-5-7(2)9(4)8(6)3;;;;/h1-10H;6H,1-4H3;2*1H3;;/q4*-1;;. The van der Waals surface area contributed by atoms with Crippen molar-refractivity contribution < 1.29 is 23.3 Å². The number of benzene rings is 2. The first-order chi connectivity index (χ1) is 13.0. The molecule has 3 aromatic rings. The first-order valence-corrected chi connectivity index (χ1v) is 13.5. The molecule has 3 heteroatoms. The molecule has 0 heterocycles. The van der Waals surface area contributed by atoms with E-state index in [1.807, 2.05) is 18.2 Å². The molecular formula is C26H29ClSiZr-4. The van der Waals surface area contributed by atoms with Gasteiger partial charge in [0.2, 0.25) is 0 Å². The molecule has 0 amide bonds. The molecule has 0 N–H and O–H groups in total. The third-order valence-corrected chi connectivity index (χ3v) is 5.41. The fourth-order valence-corrected chi connectivity index (χ4v) is 3.46. The predicted octanol–water partition coefficient (Wildman–Crippen LogP) is 8.12. The number of hydrogen-bond donors (Lipinski definition) is 0. The molecule has 0 spiro atoms. The zero-order chi connectivity index (χ0) is 20.0. The minimum atomic E-state index is 0. The van der Waals surface area contributed by atoms with Gasteiger partial charge in [-0.3, -0.25) is 6.08 Å². The molecule has 0 fully saturated rings. The van der Waals surface area contributed by atoms with Gasteiger partial charge >= 0.3 is 30.2 Å². The van der Waals surface area contributed by atoms with Gasteiger partial charge in [0, 0.05) is 5.02 Å². The van der Waals surface area contributed by atoms with Crippen molar-refractivity contribution in [2.45, 2.75) is 27.7 Å². The summed E-state index contributed by atoms with van der Waals surface area (Å²) in [6.07, 6.45) is 3.36. The number of rotatable bonds is 1. The summed E-state index contributed by atoms with van der Waals surface area (Å²) >= 11 is 7.57. The monoisotopic (exact) mass is 494 g/mol. The fraction of sp³-hybridized carbons (Fsp3) is 0.192. The molecule has 1 aliphatic carbocycles. The molecule has 2 radical (unpaired) electrons. The van der Waals surface area contributed by atoms with Gasteiger partial charge in [-0.25, -0.2) is 5.57 Å². The Morgan fingerprint density at radius 3 is 2.03 bits per heavy atom. The summed E-state index contributed by atoms with van der Waals surface area (Å²) in [4.78, 5) is 0. The number of halogens is 1. The molecule has 0 saturated heterocycles. The topological polar surface area (TPSA) is 0 Å². The van der Waals surface area contributed by atoms with Crippen LogP contribution in [0.3, 0.4) is 0 Å². The molecule has 0 saturated carbocycles. The molecule has 1 unspecified atom stereocenters. The zero-order valence-electron chi connectivity index (χ0n) is 18.2. The van der Waals surface area contributed by atoms with Crippen LogP contribution in [-0.2, 0) is 23.3 Å². The van der Waals surface area contributed by atoms with Gasteiger partial charge in [0.15, 0.2) is 0 Å². The first kappa shape index (κ1) is 27.9. The Kier molecular flexibility index (Phi) is 12.8. The maximum absolute atomic E-state index is 6.22. The van der Waals surface area contributed by atoms with Crippen molar-refractivity contribution in [3.05, 3.63) is 103 Å². The summed E-state index contributed by atoms with van der Waals surface area (Å²) in [5.41, 5.74) is 6.56. The van der Waals surface area contributed by atoms with Crippen LogP contribution >= 0.6 is 11.6 Å². The maximum atomic E-state index is 6.22. The van der Waals surface area contributed by atoms with E-state index in [9.17, 15) is 0 Å². The second-order valence-electron chi connectivity index (χ2n) is 6.61. The fourth-order valence-electron chi connectivity index (χ4n) is 3.23. The van der Waals surface area contributed by atoms with Gasteiger partial charge in [0.25, 0.3) is 0 Å². The molecule has 0 nitrogen and oxygen atoms in total. The van der Waals surface area contributed by atoms with Gasteiger partial charge in [-0.05, 0) is 11.6 Å². The molecule has 29 heavy (non-hydrogen) atoms. The van der Waals surface area contributed by atoms with Crippen LogP contribution < -0.4 is 0 Å². The summed E-state index contributed by atoms with van der Waals surface area (Å²) in [5, 5.41) is 3.33. The Hall–Kier alpha value is -1.08. The SMILES string of the molecule is CC1=[C-]C(C)C(C)=C1C.Clc1ccccc1-c1c[cH-]c2ccccc12.[CH3-].[CH3-].[Si]=[Zr]. The van der Waals surface area contributed by atoms with E-state index in [0.29, 0.717) is 5.92 Å². The molecule has 0 aliphatic heterocycles. The zero-order valence-corrected chi connectivity index (χ0v) is 22.4. The Morgan fingerprint density at radius 2 is 1.52 bits per heavy atom. The van der Waals surface area contributed by atoms with Crippen molar-refractivity contribution in [3.63, 3.8) is 0 Å². The van der Waals surface area contributed by atoms with Crippen LogP contribution in [0.25, 0.3) is 21.9 Å². The quantitative estimate of drug-likeness (QED) is 0.236. The normalized spacial score (nSPS) is 14.5. The van der Waals surface area contributed by atoms with Crippen molar-refractivity contribution >= 4 is 29.3 Å². The number of allylic oxidation sites excluding steroid dienone is 4. The van der Waals surface area contributed by atoms with Gasteiger partial charge in [0.1, 0.15) is 0 Å². The van der Waals surface area contributed by atoms with E-state index < -0.39 is 0 Å².